The molecule has 0 spiro atoms. The summed E-state index contributed by atoms with van der Waals surface area (Å²) in [6.45, 7) is 4.09. The number of fused-ring (bicyclic) bond motifs is 1. The maximum absolute atomic E-state index is 12.6. The Balaban J connectivity index is 1.46. The highest BCUT2D eigenvalue weighted by Gasteiger charge is 2.63. The molecule has 2 aromatic heterocycles. The van der Waals surface area contributed by atoms with E-state index in [1.165, 1.54) is 0 Å². The summed E-state index contributed by atoms with van der Waals surface area (Å²) in [5.41, 5.74) is 0.675. The van der Waals surface area contributed by atoms with Crippen LogP contribution in [-0.4, -0.2) is 58.5 Å². The summed E-state index contributed by atoms with van der Waals surface area (Å²) in [5.74, 6) is 0.241. The summed E-state index contributed by atoms with van der Waals surface area (Å²) in [5, 5.41) is 16.7. The Hall–Kier alpha value is -2.49. The molecule has 0 saturated carbocycles. The third-order valence-electron chi connectivity index (χ3n) is 4.45. The molecule has 25 heavy (non-hydrogen) atoms. The molecule has 0 bridgehead atoms. The molecule has 2 fully saturated rings. The van der Waals surface area contributed by atoms with Gasteiger partial charge in [0, 0.05) is 16.6 Å². The molecule has 4 rings (SSSR count). The molecule has 9 nitrogen and oxygen atoms in total. The largest absolute Gasteiger partial charge is 0.341 e. The predicted octanol–water partition coefficient (Wildman–Crippen LogP) is 0.0570. The number of carbonyl (C=O) groups excluding carboxylic acids is 2. The molecule has 2 aliphatic heterocycles. The molecule has 0 aromatic carbocycles. The molecule has 0 radical (unpaired) electrons. The van der Waals surface area contributed by atoms with Gasteiger partial charge in [-0.15, -0.1) is 16.9 Å². The van der Waals surface area contributed by atoms with E-state index in [0.29, 0.717) is 11.5 Å². The Bertz CT molecular complexity index is 795. The molecule has 2 unspecified atom stereocenters. The van der Waals surface area contributed by atoms with Gasteiger partial charge >= 0.3 is 0 Å². The lowest BCUT2D eigenvalue weighted by molar-refractivity contribution is -0.151. The average Bonchev–Trinajstić information content (AvgIpc) is 3.18. The number of hydrogen-bond donors (Lipinski definition) is 2. The first-order valence-electron chi connectivity index (χ1n) is 7.90. The summed E-state index contributed by atoms with van der Waals surface area (Å²) in [6, 6.07) is 4.65. The van der Waals surface area contributed by atoms with Crippen LogP contribution in [0.3, 0.4) is 0 Å². The van der Waals surface area contributed by atoms with Crippen LogP contribution in [0, 0.1) is 0 Å². The standard InChI is InChI=1S/C15H17N7O2S/c1-15(2)11(12-18-20-21-19-12)22-13(24)10(14(22)25-15)17-9(23)7-8-5-3-4-6-16-8/h3-6,10-11,14H,7H2,1-2H3,(H,17,23)(H,18,19,20,21)/t10?,11?,14-/m0/s1. The van der Waals surface area contributed by atoms with Gasteiger partial charge in [-0.3, -0.25) is 14.6 Å². The second kappa shape index (κ2) is 5.80. The van der Waals surface area contributed by atoms with Crippen molar-refractivity contribution in [2.75, 3.05) is 0 Å². The molecule has 2 aliphatic rings. The highest BCUT2D eigenvalue weighted by Crippen LogP contribution is 2.56. The van der Waals surface area contributed by atoms with Crippen LogP contribution in [0.25, 0.3) is 0 Å². The van der Waals surface area contributed by atoms with Gasteiger partial charge in [-0.2, -0.15) is 0 Å². The van der Waals surface area contributed by atoms with Crippen LogP contribution >= 0.6 is 11.8 Å². The van der Waals surface area contributed by atoms with Crippen molar-refractivity contribution in [1.29, 1.82) is 0 Å². The monoisotopic (exact) mass is 359 g/mol. The summed E-state index contributed by atoms with van der Waals surface area (Å²) in [4.78, 5) is 30.8. The van der Waals surface area contributed by atoms with E-state index in [2.05, 4.69) is 30.9 Å². The van der Waals surface area contributed by atoms with Crippen molar-refractivity contribution in [2.24, 2.45) is 0 Å². The number of nitrogens with zero attached hydrogens (tertiary/aromatic N) is 5. The second-order valence-corrected chi connectivity index (χ2v) is 8.36. The van der Waals surface area contributed by atoms with Crippen molar-refractivity contribution < 1.29 is 9.59 Å². The van der Waals surface area contributed by atoms with Crippen LogP contribution < -0.4 is 5.32 Å². The van der Waals surface area contributed by atoms with E-state index >= 15 is 0 Å². The van der Waals surface area contributed by atoms with Crippen LogP contribution in [0.1, 0.15) is 31.4 Å². The second-order valence-electron chi connectivity index (χ2n) is 6.59. The van der Waals surface area contributed by atoms with Crippen molar-refractivity contribution in [1.82, 2.24) is 35.8 Å². The maximum Gasteiger partial charge on any atom is 0.249 e. The van der Waals surface area contributed by atoms with Gasteiger partial charge in [-0.25, -0.2) is 5.10 Å². The average molecular weight is 359 g/mol. The van der Waals surface area contributed by atoms with Gasteiger partial charge in [0.25, 0.3) is 0 Å². The summed E-state index contributed by atoms with van der Waals surface area (Å²) >= 11 is 1.64. The lowest BCUT2D eigenvalue weighted by Gasteiger charge is -2.44. The topological polar surface area (TPSA) is 117 Å². The molecular formula is C15H17N7O2S. The number of amides is 2. The van der Waals surface area contributed by atoms with Crippen molar-refractivity contribution in [3.8, 4) is 0 Å². The molecule has 4 heterocycles. The fourth-order valence-electron chi connectivity index (χ4n) is 3.36. The van der Waals surface area contributed by atoms with E-state index in [1.807, 2.05) is 19.9 Å². The first-order chi connectivity index (χ1) is 12.0. The minimum absolute atomic E-state index is 0.112. The van der Waals surface area contributed by atoms with E-state index in [0.717, 1.165) is 0 Å². The van der Waals surface area contributed by atoms with E-state index < -0.39 is 6.04 Å². The summed E-state index contributed by atoms with van der Waals surface area (Å²) in [6.07, 6.45) is 1.80. The Morgan fingerprint density at radius 3 is 2.96 bits per heavy atom. The number of nitrogens with one attached hydrogen (secondary N) is 2. The molecule has 2 aromatic rings. The van der Waals surface area contributed by atoms with Gasteiger partial charge in [0.1, 0.15) is 17.5 Å². The predicted molar refractivity (Wildman–Crippen MR) is 89.1 cm³/mol. The zero-order valence-electron chi connectivity index (χ0n) is 13.7. The Morgan fingerprint density at radius 2 is 2.28 bits per heavy atom. The molecule has 2 amide bonds. The molecule has 2 N–H and O–H groups in total. The van der Waals surface area contributed by atoms with Crippen LogP contribution in [0.15, 0.2) is 24.4 Å². The van der Waals surface area contributed by atoms with E-state index in [9.17, 15) is 9.59 Å². The van der Waals surface area contributed by atoms with Crippen molar-refractivity contribution in [3.05, 3.63) is 35.9 Å². The van der Waals surface area contributed by atoms with Crippen molar-refractivity contribution >= 4 is 23.6 Å². The van der Waals surface area contributed by atoms with Gasteiger partial charge in [0.15, 0.2) is 5.82 Å². The van der Waals surface area contributed by atoms with E-state index in [1.54, 1.807) is 35.0 Å². The molecule has 0 aliphatic carbocycles. The number of aromatic nitrogens is 5. The van der Waals surface area contributed by atoms with E-state index in [4.69, 9.17) is 0 Å². The summed E-state index contributed by atoms with van der Waals surface area (Å²) in [7, 11) is 0. The Morgan fingerprint density at radius 1 is 1.44 bits per heavy atom. The quantitative estimate of drug-likeness (QED) is 0.741. The van der Waals surface area contributed by atoms with Crippen LogP contribution in [0.5, 0.6) is 0 Å². The Labute approximate surface area is 148 Å². The molecule has 10 heteroatoms. The van der Waals surface area contributed by atoms with Gasteiger partial charge in [0.05, 0.1) is 6.42 Å². The summed E-state index contributed by atoms with van der Waals surface area (Å²) < 4.78 is -0.262. The van der Waals surface area contributed by atoms with Gasteiger partial charge in [-0.1, -0.05) is 6.07 Å². The number of H-pyrrole nitrogens is 1. The zero-order valence-corrected chi connectivity index (χ0v) is 14.5. The minimum Gasteiger partial charge on any atom is -0.341 e. The number of hydrogen-bond acceptors (Lipinski definition) is 7. The third kappa shape index (κ3) is 2.66. The lowest BCUT2D eigenvalue weighted by atomic mass is 9.95. The van der Waals surface area contributed by atoms with Gasteiger partial charge < -0.3 is 10.2 Å². The number of pyridine rings is 1. The normalized spacial score (nSPS) is 26.9. The maximum atomic E-state index is 12.6. The zero-order chi connectivity index (χ0) is 17.6. The minimum atomic E-state index is -0.527. The van der Waals surface area contributed by atoms with E-state index in [-0.39, 0.29) is 34.4 Å². The molecule has 130 valence electrons. The van der Waals surface area contributed by atoms with Crippen LogP contribution in [0.4, 0.5) is 0 Å². The smallest absolute Gasteiger partial charge is 0.249 e. The SMILES string of the molecule is CC1(C)S[C@H]2C(NC(=O)Cc3ccccn3)C(=O)N2C1c1nnn[nH]1. The highest BCUT2D eigenvalue weighted by atomic mass is 32.2. The van der Waals surface area contributed by atoms with Crippen molar-refractivity contribution in [2.45, 2.75) is 42.5 Å². The number of aromatic amines is 1. The lowest BCUT2D eigenvalue weighted by Crippen LogP contribution is -2.68. The molecule has 3 atom stereocenters. The van der Waals surface area contributed by atoms with Gasteiger partial charge in [-0.05, 0) is 36.4 Å². The first kappa shape index (κ1) is 16.0. The fourth-order valence-corrected chi connectivity index (χ4v) is 5.00. The third-order valence-corrected chi connectivity index (χ3v) is 6.02. The fraction of sp³-hybridized carbons (Fsp3) is 0.467. The van der Waals surface area contributed by atoms with Crippen LogP contribution in [0.2, 0.25) is 0 Å². The first-order valence-corrected chi connectivity index (χ1v) is 8.78. The van der Waals surface area contributed by atoms with Crippen molar-refractivity contribution in [3.63, 3.8) is 0 Å². The number of carbonyl (C=O) groups is 2. The highest BCUT2D eigenvalue weighted by molar-refractivity contribution is 8.01. The number of β-lactam (4-membered cyclic amide) rings is 1. The molecular weight excluding hydrogens is 342 g/mol. The Kier molecular flexibility index (Phi) is 3.71. The van der Waals surface area contributed by atoms with Crippen LogP contribution in [-0.2, 0) is 16.0 Å². The number of rotatable bonds is 4. The number of tetrazole rings is 1. The van der Waals surface area contributed by atoms with Gasteiger partial charge in [0.2, 0.25) is 11.8 Å². The molecule has 2 saturated heterocycles. The number of thioether (sulfide) groups is 1.